The third-order valence-corrected chi connectivity index (χ3v) is 5.22. The molecule has 1 aliphatic rings. The topological polar surface area (TPSA) is 58.2 Å². The lowest BCUT2D eigenvalue weighted by atomic mass is 10.2. The Balaban J connectivity index is 2.12. The van der Waals surface area contributed by atoms with Gasteiger partial charge in [-0.3, -0.25) is 0 Å². The van der Waals surface area contributed by atoms with E-state index in [0.717, 1.165) is 12.8 Å². The largest absolute Gasteiger partial charge is 0.310 e. The van der Waals surface area contributed by atoms with Crippen molar-refractivity contribution in [2.24, 2.45) is 5.41 Å². The molecule has 0 atom stereocenters. The van der Waals surface area contributed by atoms with Crippen molar-refractivity contribution < 1.29 is 12.8 Å². The molecule has 0 aliphatic heterocycles. The number of hydrogen-bond donors (Lipinski definition) is 2. The first-order valence-electron chi connectivity index (χ1n) is 7.23. The van der Waals surface area contributed by atoms with Gasteiger partial charge in [0, 0.05) is 24.7 Å². The second kappa shape index (κ2) is 6.02. The Morgan fingerprint density at radius 3 is 2.57 bits per heavy atom. The maximum Gasteiger partial charge on any atom is 0.240 e. The summed E-state index contributed by atoms with van der Waals surface area (Å²) in [5.41, 5.74) is 0.457. The van der Waals surface area contributed by atoms with Gasteiger partial charge in [0.1, 0.15) is 5.82 Å². The summed E-state index contributed by atoms with van der Waals surface area (Å²) >= 11 is 0. The van der Waals surface area contributed by atoms with Gasteiger partial charge in [-0.15, -0.1) is 0 Å². The van der Waals surface area contributed by atoms with E-state index in [1.54, 1.807) is 0 Å². The van der Waals surface area contributed by atoms with E-state index in [9.17, 15) is 12.8 Å². The molecule has 2 N–H and O–H groups in total. The van der Waals surface area contributed by atoms with Crippen LogP contribution in [-0.2, 0) is 16.6 Å². The van der Waals surface area contributed by atoms with Crippen LogP contribution in [0.3, 0.4) is 0 Å². The van der Waals surface area contributed by atoms with Crippen molar-refractivity contribution in [3.05, 3.63) is 29.6 Å². The fraction of sp³-hybridized carbons (Fsp3) is 0.600. The van der Waals surface area contributed by atoms with E-state index < -0.39 is 15.8 Å². The van der Waals surface area contributed by atoms with Crippen molar-refractivity contribution in [2.75, 3.05) is 6.54 Å². The third kappa shape index (κ3) is 4.49. The van der Waals surface area contributed by atoms with Crippen LogP contribution >= 0.6 is 0 Å². The Labute approximate surface area is 126 Å². The SMILES string of the molecule is CC(C)NCc1cc(S(=O)(=O)NCC2(C)CC2)ccc1F. The molecule has 0 spiro atoms. The number of nitrogens with one attached hydrogen (secondary N) is 2. The predicted octanol–water partition coefficient (Wildman–Crippen LogP) is 2.40. The first-order valence-corrected chi connectivity index (χ1v) is 8.72. The second-order valence-electron chi connectivity index (χ2n) is 6.42. The summed E-state index contributed by atoms with van der Waals surface area (Å²) in [6.45, 7) is 6.71. The molecule has 6 heteroatoms. The Morgan fingerprint density at radius 1 is 1.33 bits per heavy atom. The molecule has 0 radical (unpaired) electrons. The minimum absolute atomic E-state index is 0.0924. The van der Waals surface area contributed by atoms with Crippen molar-refractivity contribution in [1.82, 2.24) is 10.0 Å². The standard InChI is InChI=1S/C15H23FN2O2S/c1-11(2)17-9-12-8-13(4-5-14(12)16)21(19,20)18-10-15(3)6-7-15/h4-5,8,11,17-18H,6-7,9-10H2,1-3H3. The predicted molar refractivity (Wildman–Crippen MR) is 80.9 cm³/mol. The van der Waals surface area contributed by atoms with Crippen LogP contribution in [0.15, 0.2) is 23.1 Å². The molecule has 0 bridgehead atoms. The van der Waals surface area contributed by atoms with Gasteiger partial charge in [0.2, 0.25) is 10.0 Å². The molecular formula is C15H23FN2O2S. The van der Waals surface area contributed by atoms with Crippen LogP contribution in [0.5, 0.6) is 0 Å². The fourth-order valence-corrected chi connectivity index (χ4v) is 3.16. The lowest BCUT2D eigenvalue weighted by molar-refractivity contribution is 0.529. The average molecular weight is 314 g/mol. The molecule has 2 rings (SSSR count). The molecule has 1 aromatic rings. The maximum absolute atomic E-state index is 13.7. The minimum atomic E-state index is -3.58. The summed E-state index contributed by atoms with van der Waals surface area (Å²) in [6.07, 6.45) is 2.09. The van der Waals surface area contributed by atoms with Gasteiger partial charge >= 0.3 is 0 Å². The van der Waals surface area contributed by atoms with Crippen LogP contribution in [0, 0.1) is 11.2 Å². The number of halogens is 1. The van der Waals surface area contributed by atoms with Gasteiger partial charge in [-0.05, 0) is 36.5 Å². The summed E-state index contributed by atoms with van der Waals surface area (Å²) in [6, 6.07) is 4.14. The number of rotatable bonds is 7. The lowest BCUT2D eigenvalue weighted by Crippen LogP contribution is -2.29. The Bertz CT molecular complexity index is 610. The monoisotopic (exact) mass is 314 g/mol. The van der Waals surface area contributed by atoms with Crippen molar-refractivity contribution in [3.8, 4) is 0 Å². The van der Waals surface area contributed by atoms with Crippen LogP contribution in [0.2, 0.25) is 0 Å². The molecule has 1 aliphatic carbocycles. The highest BCUT2D eigenvalue weighted by Crippen LogP contribution is 2.44. The highest BCUT2D eigenvalue weighted by Gasteiger charge is 2.38. The molecule has 0 heterocycles. The Kier molecular flexibility index (Phi) is 4.70. The second-order valence-corrected chi connectivity index (χ2v) is 8.19. The van der Waals surface area contributed by atoms with Gasteiger partial charge in [-0.1, -0.05) is 20.8 Å². The highest BCUT2D eigenvalue weighted by molar-refractivity contribution is 7.89. The van der Waals surface area contributed by atoms with Gasteiger partial charge in [-0.2, -0.15) is 0 Å². The summed E-state index contributed by atoms with van der Waals surface area (Å²) in [7, 11) is -3.58. The van der Waals surface area contributed by atoms with Crippen molar-refractivity contribution in [1.29, 1.82) is 0 Å². The van der Waals surface area contributed by atoms with Crippen molar-refractivity contribution in [3.63, 3.8) is 0 Å². The smallest absolute Gasteiger partial charge is 0.240 e. The number of sulfonamides is 1. The van der Waals surface area contributed by atoms with Crippen molar-refractivity contribution in [2.45, 2.75) is 51.1 Å². The number of benzene rings is 1. The number of hydrogen-bond acceptors (Lipinski definition) is 3. The molecule has 1 saturated carbocycles. The lowest BCUT2D eigenvalue weighted by Gasteiger charge is -2.13. The summed E-state index contributed by atoms with van der Waals surface area (Å²) in [5.74, 6) is -0.392. The van der Waals surface area contributed by atoms with Gasteiger partial charge in [-0.25, -0.2) is 17.5 Å². The Morgan fingerprint density at radius 2 is 2.00 bits per heavy atom. The highest BCUT2D eigenvalue weighted by atomic mass is 32.2. The molecule has 0 amide bonds. The zero-order chi connectivity index (χ0) is 15.7. The molecule has 0 saturated heterocycles. The molecule has 0 aromatic heterocycles. The van der Waals surface area contributed by atoms with E-state index in [4.69, 9.17) is 0 Å². The fourth-order valence-electron chi connectivity index (χ4n) is 1.91. The molecule has 0 unspecified atom stereocenters. The van der Waals surface area contributed by atoms with Gasteiger partial charge in [0.05, 0.1) is 4.90 Å². The van der Waals surface area contributed by atoms with Crippen LogP contribution in [0.25, 0.3) is 0 Å². The summed E-state index contributed by atoms with van der Waals surface area (Å²) in [4.78, 5) is 0.119. The summed E-state index contributed by atoms with van der Waals surface area (Å²) < 4.78 is 40.9. The zero-order valence-electron chi connectivity index (χ0n) is 12.7. The first kappa shape index (κ1) is 16.4. The van der Waals surface area contributed by atoms with Crippen LogP contribution < -0.4 is 10.0 Å². The van der Waals surface area contributed by atoms with Gasteiger partial charge < -0.3 is 5.32 Å². The molecule has 1 fully saturated rings. The normalized spacial score (nSPS) is 17.2. The van der Waals surface area contributed by atoms with E-state index in [1.807, 2.05) is 13.8 Å². The van der Waals surface area contributed by atoms with E-state index >= 15 is 0 Å². The molecule has 4 nitrogen and oxygen atoms in total. The third-order valence-electron chi connectivity index (χ3n) is 3.82. The average Bonchev–Trinajstić information content (AvgIpc) is 3.14. The molecular weight excluding hydrogens is 291 g/mol. The van der Waals surface area contributed by atoms with E-state index in [0.29, 0.717) is 18.7 Å². The van der Waals surface area contributed by atoms with Gasteiger partial charge in [0.15, 0.2) is 0 Å². The molecule has 118 valence electrons. The summed E-state index contributed by atoms with van der Waals surface area (Å²) in [5, 5.41) is 3.09. The van der Waals surface area contributed by atoms with E-state index in [2.05, 4.69) is 17.0 Å². The zero-order valence-corrected chi connectivity index (χ0v) is 13.6. The van der Waals surface area contributed by atoms with E-state index in [-0.39, 0.29) is 16.4 Å². The first-order chi connectivity index (χ1) is 9.72. The Hall–Kier alpha value is -0.980. The van der Waals surface area contributed by atoms with Gasteiger partial charge in [0.25, 0.3) is 0 Å². The maximum atomic E-state index is 13.7. The van der Waals surface area contributed by atoms with Crippen LogP contribution in [0.1, 0.15) is 39.2 Å². The minimum Gasteiger partial charge on any atom is -0.310 e. The van der Waals surface area contributed by atoms with E-state index in [1.165, 1.54) is 18.2 Å². The van der Waals surface area contributed by atoms with Crippen molar-refractivity contribution >= 4 is 10.0 Å². The van der Waals surface area contributed by atoms with Crippen LogP contribution in [-0.4, -0.2) is 21.0 Å². The molecule has 21 heavy (non-hydrogen) atoms. The molecule has 1 aromatic carbocycles. The van der Waals surface area contributed by atoms with Crippen LogP contribution in [0.4, 0.5) is 4.39 Å². The quantitative estimate of drug-likeness (QED) is 0.812.